The quantitative estimate of drug-likeness (QED) is 0.673. The van der Waals surface area contributed by atoms with E-state index in [4.69, 9.17) is 5.73 Å². The molecule has 0 unspecified atom stereocenters. The fraction of sp³-hybridized carbons (Fsp3) is 0.167. The van der Waals surface area contributed by atoms with Gasteiger partial charge < -0.3 is 10.5 Å². The highest BCUT2D eigenvalue weighted by Crippen LogP contribution is 2.02. The van der Waals surface area contributed by atoms with Crippen molar-refractivity contribution in [2.45, 2.75) is 6.54 Å². The van der Waals surface area contributed by atoms with Crippen molar-refractivity contribution >= 4 is 22.6 Å². The summed E-state index contributed by atoms with van der Waals surface area (Å²) in [6.07, 6.45) is 0. The van der Waals surface area contributed by atoms with Crippen molar-refractivity contribution < 1.29 is 14.3 Å². The molecule has 104 valence electrons. The monoisotopic (exact) mass is 277 g/mol. The van der Waals surface area contributed by atoms with E-state index in [1.54, 1.807) is 12.1 Å². The number of benzene rings is 1. The summed E-state index contributed by atoms with van der Waals surface area (Å²) in [4.78, 5) is 45.7. The molecule has 0 saturated carbocycles. The summed E-state index contributed by atoms with van der Waals surface area (Å²) in [5, 5.41) is 2.70. The summed E-state index contributed by atoms with van der Waals surface area (Å²) in [5.41, 5.74) is 3.79. The molecule has 0 aliphatic heterocycles. The third kappa shape index (κ3) is 2.74. The van der Waals surface area contributed by atoms with Crippen molar-refractivity contribution in [2.24, 2.45) is 5.73 Å². The topological polar surface area (TPSA) is 124 Å². The van der Waals surface area contributed by atoms with Crippen molar-refractivity contribution in [2.75, 3.05) is 6.61 Å². The average molecular weight is 277 g/mol. The minimum absolute atomic E-state index is 0.193. The highest BCUT2D eigenvalue weighted by atomic mass is 16.5. The summed E-state index contributed by atoms with van der Waals surface area (Å²) < 4.78 is 5.35. The molecule has 0 aliphatic carbocycles. The van der Waals surface area contributed by atoms with Crippen molar-refractivity contribution in [1.82, 2.24) is 9.78 Å². The minimum Gasteiger partial charge on any atom is -0.454 e. The average Bonchev–Trinajstić information content (AvgIpc) is 2.42. The second-order valence-corrected chi connectivity index (χ2v) is 4.00. The zero-order valence-corrected chi connectivity index (χ0v) is 10.3. The van der Waals surface area contributed by atoms with Gasteiger partial charge in [0.25, 0.3) is 17.0 Å². The van der Waals surface area contributed by atoms with Crippen LogP contribution in [0.1, 0.15) is 0 Å². The summed E-state index contributed by atoms with van der Waals surface area (Å²) in [7, 11) is 0. The van der Waals surface area contributed by atoms with Gasteiger partial charge in [0.2, 0.25) is 0 Å². The Hall–Kier alpha value is -2.90. The second kappa shape index (κ2) is 5.39. The Kier molecular flexibility index (Phi) is 3.65. The van der Waals surface area contributed by atoms with Gasteiger partial charge in [-0.05, 0) is 12.1 Å². The van der Waals surface area contributed by atoms with Crippen molar-refractivity contribution in [3.8, 4) is 0 Å². The van der Waals surface area contributed by atoms with Crippen molar-refractivity contribution in [1.29, 1.82) is 0 Å². The summed E-state index contributed by atoms with van der Waals surface area (Å²) in [6, 6.07) is 6.23. The van der Waals surface area contributed by atoms with Gasteiger partial charge in [0.15, 0.2) is 6.61 Å². The number of hydrogen-bond donors (Lipinski definition) is 2. The van der Waals surface area contributed by atoms with Crippen molar-refractivity contribution in [3.05, 3.63) is 45.0 Å². The Labute approximate surface area is 111 Å². The van der Waals surface area contributed by atoms with Crippen LogP contribution in [0.4, 0.5) is 0 Å². The number of esters is 1. The van der Waals surface area contributed by atoms with Gasteiger partial charge in [0, 0.05) is 0 Å². The molecule has 0 fully saturated rings. The van der Waals surface area contributed by atoms with Crippen molar-refractivity contribution in [3.63, 3.8) is 0 Å². The van der Waals surface area contributed by atoms with E-state index >= 15 is 0 Å². The first-order valence-electron chi connectivity index (χ1n) is 5.65. The molecule has 8 nitrogen and oxygen atoms in total. The van der Waals surface area contributed by atoms with E-state index < -0.39 is 36.1 Å². The highest BCUT2D eigenvalue weighted by molar-refractivity contribution is 5.81. The van der Waals surface area contributed by atoms with Crippen LogP contribution in [0.15, 0.2) is 33.9 Å². The van der Waals surface area contributed by atoms with Gasteiger partial charge in [0.1, 0.15) is 6.54 Å². The van der Waals surface area contributed by atoms with Crippen LogP contribution in [0, 0.1) is 0 Å². The molecule has 1 aromatic carbocycles. The van der Waals surface area contributed by atoms with Crippen LogP contribution < -0.4 is 16.9 Å². The number of amides is 1. The Morgan fingerprint density at radius 2 is 1.85 bits per heavy atom. The molecule has 2 rings (SSSR count). The molecular formula is C12H11N3O5. The summed E-state index contributed by atoms with van der Waals surface area (Å²) in [6.45, 7) is -1.09. The maximum atomic E-state index is 12.0. The highest BCUT2D eigenvalue weighted by Gasteiger charge is 2.11. The molecule has 2 aromatic rings. The molecule has 0 spiro atoms. The van der Waals surface area contributed by atoms with Gasteiger partial charge in [-0.3, -0.25) is 24.3 Å². The number of hydrogen-bond acceptors (Lipinski definition) is 5. The predicted octanol–water partition coefficient (Wildman–Crippen LogP) is -1.28. The molecule has 20 heavy (non-hydrogen) atoms. The molecule has 1 heterocycles. The SMILES string of the molecule is NC(=O)COC(=O)Cn1[nH]c(=O)c2ccccc2c1=O. The largest absolute Gasteiger partial charge is 0.454 e. The number of H-pyrrole nitrogens is 1. The number of ether oxygens (including phenoxy) is 1. The standard InChI is InChI=1S/C12H11N3O5/c13-9(16)6-20-10(17)5-15-12(19)8-4-2-1-3-7(8)11(18)14-15/h1-4H,5-6H2,(H2,13,16)(H,14,18). The number of aromatic amines is 1. The number of carbonyl (C=O) groups excluding carboxylic acids is 2. The second-order valence-electron chi connectivity index (χ2n) is 4.00. The third-order valence-corrected chi connectivity index (χ3v) is 2.55. The number of nitrogens with one attached hydrogen (secondary N) is 1. The molecule has 8 heteroatoms. The lowest BCUT2D eigenvalue weighted by atomic mass is 10.2. The zero-order valence-electron chi connectivity index (χ0n) is 10.3. The molecule has 0 bridgehead atoms. The number of nitrogens with two attached hydrogens (primary N) is 1. The molecular weight excluding hydrogens is 266 g/mol. The third-order valence-electron chi connectivity index (χ3n) is 2.55. The van der Waals surface area contributed by atoms with Crippen LogP contribution in [0.5, 0.6) is 0 Å². The van der Waals surface area contributed by atoms with E-state index in [0.29, 0.717) is 0 Å². The predicted molar refractivity (Wildman–Crippen MR) is 69.0 cm³/mol. The number of primary amides is 1. The van der Waals surface area contributed by atoms with Crippen LogP contribution in [0.25, 0.3) is 10.8 Å². The lowest BCUT2D eigenvalue weighted by molar-refractivity contribution is -0.148. The number of aromatic nitrogens is 2. The zero-order chi connectivity index (χ0) is 14.7. The molecule has 1 aromatic heterocycles. The first kappa shape index (κ1) is 13.5. The Morgan fingerprint density at radius 3 is 2.50 bits per heavy atom. The molecule has 0 saturated heterocycles. The maximum absolute atomic E-state index is 12.0. The fourth-order valence-corrected chi connectivity index (χ4v) is 1.68. The molecule has 3 N–H and O–H groups in total. The molecule has 0 atom stereocenters. The number of rotatable bonds is 4. The smallest absolute Gasteiger partial charge is 0.328 e. The van der Waals surface area contributed by atoms with Gasteiger partial charge >= 0.3 is 5.97 Å². The van der Waals surface area contributed by atoms with Crippen LogP contribution in [0.3, 0.4) is 0 Å². The van der Waals surface area contributed by atoms with E-state index in [2.05, 4.69) is 9.84 Å². The lowest BCUT2D eigenvalue weighted by Crippen LogP contribution is -2.33. The first-order valence-corrected chi connectivity index (χ1v) is 5.65. The van der Waals surface area contributed by atoms with Crippen LogP contribution in [-0.2, 0) is 20.9 Å². The van der Waals surface area contributed by atoms with E-state index in [9.17, 15) is 19.2 Å². The van der Waals surface area contributed by atoms with Crippen LogP contribution >= 0.6 is 0 Å². The fourth-order valence-electron chi connectivity index (χ4n) is 1.68. The van der Waals surface area contributed by atoms with E-state index in [1.165, 1.54) is 12.1 Å². The number of carbonyl (C=O) groups is 2. The Bertz CT molecular complexity index is 790. The van der Waals surface area contributed by atoms with E-state index in [0.717, 1.165) is 4.68 Å². The van der Waals surface area contributed by atoms with Gasteiger partial charge in [-0.2, -0.15) is 0 Å². The van der Waals surface area contributed by atoms with Gasteiger partial charge in [-0.1, -0.05) is 12.1 Å². The summed E-state index contributed by atoms with van der Waals surface area (Å²) >= 11 is 0. The Balaban J connectivity index is 2.34. The normalized spacial score (nSPS) is 10.4. The van der Waals surface area contributed by atoms with Gasteiger partial charge in [-0.25, -0.2) is 4.68 Å². The molecule has 1 amide bonds. The van der Waals surface area contributed by atoms with Gasteiger partial charge in [-0.15, -0.1) is 0 Å². The lowest BCUT2D eigenvalue weighted by Gasteiger charge is -2.06. The minimum atomic E-state index is -0.850. The number of nitrogens with zero attached hydrogens (tertiary/aromatic N) is 1. The molecule has 0 aliphatic rings. The van der Waals surface area contributed by atoms with E-state index in [1.807, 2.05) is 0 Å². The van der Waals surface area contributed by atoms with Crippen LogP contribution in [-0.4, -0.2) is 28.3 Å². The van der Waals surface area contributed by atoms with Gasteiger partial charge in [0.05, 0.1) is 10.8 Å². The Morgan fingerprint density at radius 1 is 1.20 bits per heavy atom. The maximum Gasteiger partial charge on any atom is 0.328 e. The van der Waals surface area contributed by atoms with Crippen LogP contribution in [0.2, 0.25) is 0 Å². The first-order chi connectivity index (χ1) is 9.49. The summed E-state index contributed by atoms with van der Waals surface area (Å²) in [5.74, 6) is -1.66. The number of fused-ring (bicyclic) bond motifs is 1. The molecule has 0 radical (unpaired) electrons. The van der Waals surface area contributed by atoms with E-state index in [-0.39, 0.29) is 10.8 Å².